The van der Waals surface area contributed by atoms with Crippen LogP contribution in [0.5, 0.6) is 0 Å². The van der Waals surface area contributed by atoms with E-state index in [2.05, 4.69) is 15.5 Å². The van der Waals surface area contributed by atoms with Crippen molar-refractivity contribution in [2.24, 2.45) is 7.05 Å². The molecule has 1 saturated carbocycles. The molecule has 0 amide bonds. The summed E-state index contributed by atoms with van der Waals surface area (Å²) in [6.07, 6.45) is -2.81. The molecule has 1 N–H and O–H groups in total. The summed E-state index contributed by atoms with van der Waals surface area (Å²) in [7, 11) is 1.68. The van der Waals surface area contributed by atoms with Crippen LogP contribution in [0.1, 0.15) is 42.0 Å². The predicted molar refractivity (Wildman–Crippen MR) is 75.0 cm³/mol. The van der Waals surface area contributed by atoms with Crippen LogP contribution in [0.3, 0.4) is 0 Å². The highest BCUT2D eigenvalue weighted by Crippen LogP contribution is 2.39. The quantitative estimate of drug-likeness (QED) is 0.844. The summed E-state index contributed by atoms with van der Waals surface area (Å²) in [6.45, 7) is -0.268. The zero-order valence-corrected chi connectivity index (χ0v) is 12.7. The second-order valence-corrected chi connectivity index (χ2v) is 5.81. The number of hydrogen-bond acceptors (Lipinski definition) is 3. The topological polar surface area (TPSA) is 42.7 Å². The molecule has 1 aliphatic rings. The molecule has 24 heavy (non-hydrogen) atoms. The Bertz CT molecular complexity index is 736. The van der Waals surface area contributed by atoms with Crippen molar-refractivity contribution in [3.63, 3.8) is 0 Å². The highest BCUT2D eigenvalue weighted by molar-refractivity contribution is 5.24. The van der Waals surface area contributed by atoms with E-state index in [1.54, 1.807) is 11.6 Å². The lowest BCUT2D eigenvalue weighted by Crippen LogP contribution is -2.35. The third-order valence-corrected chi connectivity index (χ3v) is 4.03. The molecule has 1 unspecified atom stereocenters. The molecule has 4 nitrogen and oxygen atoms in total. The third-order valence-electron chi connectivity index (χ3n) is 4.03. The Balaban J connectivity index is 1.82. The number of benzene rings is 1. The number of nitrogens with one attached hydrogen (secondary N) is 1. The van der Waals surface area contributed by atoms with Crippen molar-refractivity contribution in [3.8, 4) is 0 Å². The van der Waals surface area contributed by atoms with Crippen LogP contribution in [-0.4, -0.2) is 20.9 Å². The smallest absolute Gasteiger partial charge is 0.317 e. The van der Waals surface area contributed by atoms with Crippen molar-refractivity contribution in [1.82, 2.24) is 20.1 Å². The van der Waals surface area contributed by atoms with Crippen molar-refractivity contribution in [2.45, 2.75) is 37.5 Å². The molecule has 1 aromatic carbocycles. The molecule has 0 spiro atoms. The minimum Gasteiger partial charge on any atom is -0.317 e. The van der Waals surface area contributed by atoms with Crippen LogP contribution < -0.4 is 5.32 Å². The molecule has 0 saturated heterocycles. The van der Waals surface area contributed by atoms with Gasteiger partial charge in [0.2, 0.25) is 0 Å². The molecule has 3 rings (SSSR count). The van der Waals surface area contributed by atoms with Gasteiger partial charge in [-0.15, -0.1) is 10.2 Å². The minimum absolute atomic E-state index is 0.268. The summed E-state index contributed by atoms with van der Waals surface area (Å²) >= 11 is 0. The molecular weight excluding hydrogens is 331 g/mol. The van der Waals surface area contributed by atoms with E-state index in [9.17, 15) is 22.0 Å². The Kier molecular flexibility index (Phi) is 4.29. The summed E-state index contributed by atoms with van der Waals surface area (Å²) in [6, 6.07) is 0.392. The van der Waals surface area contributed by atoms with E-state index in [1.165, 1.54) is 0 Å². The van der Waals surface area contributed by atoms with Gasteiger partial charge >= 0.3 is 6.18 Å². The van der Waals surface area contributed by atoms with E-state index in [1.807, 2.05) is 0 Å². The van der Waals surface area contributed by atoms with E-state index in [4.69, 9.17) is 0 Å². The van der Waals surface area contributed by atoms with E-state index >= 15 is 0 Å². The van der Waals surface area contributed by atoms with E-state index in [0.717, 1.165) is 36.9 Å². The Morgan fingerprint density at radius 1 is 1.25 bits per heavy atom. The first-order valence-electron chi connectivity index (χ1n) is 7.41. The highest BCUT2D eigenvalue weighted by atomic mass is 19.4. The number of halogens is 5. The maximum Gasteiger partial charge on any atom is 0.408 e. The van der Waals surface area contributed by atoms with Crippen molar-refractivity contribution >= 4 is 0 Å². The lowest BCUT2D eigenvalue weighted by molar-refractivity contribution is -0.159. The van der Waals surface area contributed by atoms with Crippen molar-refractivity contribution in [1.29, 1.82) is 0 Å². The van der Waals surface area contributed by atoms with Gasteiger partial charge in [0.15, 0.2) is 11.6 Å². The number of hydrogen-bond donors (Lipinski definition) is 1. The van der Waals surface area contributed by atoms with Gasteiger partial charge in [0.25, 0.3) is 0 Å². The van der Waals surface area contributed by atoms with Gasteiger partial charge in [0.1, 0.15) is 17.7 Å². The molecular formula is C15H15F5N4. The predicted octanol–water partition coefficient (Wildman–Crippen LogP) is 3.36. The van der Waals surface area contributed by atoms with Gasteiger partial charge in [-0.3, -0.25) is 5.32 Å². The Morgan fingerprint density at radius 3 is 2.58 bits per heavy atom. The van der Waals surface area contributed by atoms with Crippen molar-refractivity contribution in [3.05, 3.63) is 47.0 Å². The second-order valence-electron chi connectivity index (χ2n) is 5.81. The zero-order valence-electron chi connectivity index (χ0n) is 12.7. The van der Waals surface area contributed by atoms with Gasteiger partial charge in [0.05, 0.1) is 6.54 Å². The lowest BCUT2D eigenvalue weighted by Gasteiger charge is -2.22. The lowest BCUT2D eigenvalue weighted by atomic mass is 10.1. The first kappa shape index (κ1) is 16.8. The fourth-order valence-electron chi connectivity index (χ4n) is 2.57. The van der Waals surface area contributed by atoms with E-state index < -0.39 is 29.4 Å². The summed E-state index contributed by atoms with van der Waals surface area (Å²) in [5.41, 5.74) is -0.785. The molecule has 1 aliphatic carbocycles. The normalized spacial score (nSPS) is 16.4. The Morgan fingerprint density at radius 2 is 1.96 bits per heavy atom. The summed E-state index contributed by atoms with van der Waals surface area (Å²) < 4.78 is 68.5. The van der Waals surface area contributed by atoms with Gasteiger partial charge in [-0.25, -0.2) is 8.78 Å². The van der Waals surface area contributed by atoms with Crippen LogP contribution in [0.25, 0.3) is 0 Å². The zero-order chi connectivity index (χ0) is 17.5. The summed E-state index contributed by atoms with van der Waals surface area (Å²) in [4.78, 5) is 0. The van der Waals surface area contributed by atoms with Crippen LogP contribution >= 0.6 is 0 Å². The van der Waals surface area contributed by atoms with Gasteiger partial charge in [0, 0.05) is 18.5 Å². The number of rotatable bonds is 5. The molecule has 1 aromatic heterocycles. The van der Waals surface area contributed by atoms with Gasteiger partial charge < -0.3 is 4.57 Å². The maximum atomic E-state index is 13.8. The third kappa shape index (κ3) is 3.26. The molecule has 0 aliphatic heterocycles. The molecule has 2 aromatic rings. The standard InChI is InChI=1S/C15H15F5N4/c1-24-11(22-23-14(24)8-5-6-8)7-21-13(15(18,19)20)9-3-2-4-10(16)12(9)17/h2-4,8,13,21H,5-7H2,1H3. The fraction of sp³-hybridized carbons (Fsp3) is 0.467. The van der Waals surface area contributed by atoms with Gasteiger partial charge in [-0.2, -0.15) is 13.2 Å². The molecule has 0 bridgehead atoms. The second kappa shape index (κ2) is 6.12. The van der Waals surface area contributed by atoms with Crippen molar-refractivity contribution in [2.75, 3.05) is 0 Å². The summed E-state index contributed by atoms with van der Waals surface area (Å²) in [5, 5.41) is 10.1. The van der Waals surface area contributed by atoms with Crippen LogP contribution in [-0.2, 0) is 13.6 Å². The average molecular weight is 346 g/mol. The molecule has 0 radical (unpaired) electrons. The minimum atomic E-state index is -4.79. The van der Waals surface area contributed by atoms with Gasteiger partial charge in [-0.1, -0.05) is 12.1 Å². The van der Waals surface area contributed by atoms with Crippen LogP contribution in [0.2, 0.25) is 0 Å². The Hall–Kier alpha value is -2.03. The molecule has 9 heteroatoms. The number of alkyl halides is 3. The van der Waals surface area contributed by atoms with Crippen molar-refractivity contribution < 1.29 is 22.0 Å². The number of nitrogens with zero attached hydrogens (tertiary/aromatic N) is 3. The van der Waals surface area contributed by atoms with E-state index in [0.29, 0.717) is 11.7 Å². The molecule has 1 fully saturated rings. The first-order chi connectivity index (χ1) is 11.3. The SMILES string of the molecule is Cn1c(CNC(c2cccc(F)c2F)C(F)(F)F)nnc1C1CC1. The van der Waals surface area contributed by atoms with E-state index in [-0.39, 0.29) is 6.54 Å². The first-order valence-corrected chi connectivity index (χ1v) is 7.41. The van der Waals surface area contributed by atoms with Crippen LogP contribution in [0.4, 0.5) is 22.0 Å². The highest BCUT2D eigenvalue weighted by Gasteiger charge is 2.42. The van der Waals surface area contributed by atoms with Crippen LogP contribution in [0, 0.1) is 11.6 Å². The molecule has 130 valence electrons. The Labute approximate surface area is 134 Å². The maximum absolute atomic E-state index is 13.8. The largest absolute Gasteiger partial charge is 0.408 e. The van der Waals surface area contributed by atoms with Crippen LogP contribution in [0.15, 0.2) is 18.2 Å². The molecule has 1 atom stereocenters. The van der Waals surface area contributed by atoms with Gasteiger partial charge in [-0.05, 0) is 18.9 Å². The number of aromatic nitrogens is 3. The monoisotopic (exact) mass is 346 g/mol. The fourth-order valence-corrected chi connectivity index (χ4v) is 2.57. The summed E-state index contributed by atoms with van der Waals surface area (Å²) in [5.74, 6) is -1.49. The average Bonchev–Trinajstić information content (AvgIpc) is 3.27. The molecule has 1 heterocycles.